The van der Waals surface area contributed by atoms with E-state index in [9.17, 15) is 14.7 Å². The first-order valence-electron chi connectivity index (χ1n) is 8.85. The number of aliphatic hydroxyl groups is 1. The topological polar surface area (TPSA) is 66.8 Å². The van der Waals surface area contributed by atoms with Gasteiger partial charge in [-0.05, 0) is 38.5 Å². The van der Waals surface area contributed by atoms with E-state index in [1.807, 2.05) is 31.2 Å². The van der Waals surface area contributed by atoms with Gasteiger partial charge in [-0.3, -0.25) is 9.59 Å². The highest BCUT2D eigenvalue weighted by Gasteiger charge is 2.50. The minimum atomic E-state index is -1.79. The van der Waals surface area contributed by atoms with E-state index < -0.39 is 11.5 Å². The zero-order chi connectivity index (χ0) is 19.6. The molecule has 1 amide bonds. The maximum absolute atomic E-state index is 12.9. The summed E-state index contributed by atoms with van der Waals surface area (Å²) in [5.74, 6) is -0.103. The first kappa shape index (κ1) is 19.4. The number of para-hydroxylation sites is 1. The van der Waals surface area contributed by atoms with E-state index in [2.05, 4.69) is 0 Å². The molecule has 2 aromatic rings. The Morgan fingerprint density at radius 1 is 1.26 bits per heavy atom. The fraction of sp³-hybridized carbons (Fsp3) is 0.333. The van der Waals surface area contributed by atoms with E-state index in [0.29, 0.717) is 41.6 Å². The zero-order valence-electron chi connectivity index (χ0n) is 15.4. The normalized spacial score (nSPS) is 18.5. The van der Waals surface area contributed by atoms with Crippen molar-refractivity contribution in [1.29, 1.82) is 0 Å². The van der Waals surface area contributed by atoms with Gasteiger partial charge in [-0.2, -0.15) is 0 Å². The molecule has 1 aliphatic heterocycles. The SMILES string of the molecule is CC(=O)CC1(O)C(=O)N(CCCOc2ccccc2Cl)c2ccc(C)cc21. The molecular weight excluding hydrogens is 366 g/mol. The maximum atomic E-state index is 12.9. The molecule has 0 saturated carbocycles. The van der Waals surface area contributed by atoms with E-state index in [1.165, 1.54) is 11.8 Å². The largest absolute Gasteiger partial charge is 0.492 e. The number of hydrogen-bond acceptors (Lipinski definition) is 4. The lowest BCUT2D eigenvalue weighted by molar-refractivity contribution is -0.141. The molecule has 0 saturated heterocycles. The van der Waals surface area contributed by atoms with Crippen LogP contribution in [0.25, 0.3) is 0 Å². The standard InChI is InChI=1S/C21H22ClNO4/c1-14-8-9-18-16(12-14)21(26,13-15(2)24)20(25)23(18)10-5-11-27-19-7-4-3-6-17(19)22/h3-4,6-9,12,26H,5,10-11,13H2,1-2H3. The third kappa shape index (κ3) is 3.84. The molecule has 0 aliphatic carbocycles. The molecule has 0 spiro atoms. The zero-order valence-corrected chi connectivity index (χ0v) is 16.1. The molecule has 0 fully saturated rings. The van der Waals surface area contributed by atoms with Crippen LogP contribution in [0.2, 0.25) is 5.02 Å². The van der Waals surface area contributed by atoms with Crippen LogP contribution < -0.4 is 9.64 Å². The van der Waals surface area contributed by atoms with Crippen LogP contribution in [0, 0.1) is 6.92 Å². The fourth-order valence-electron chi connectivity index (χ4n) is 3.38. The van der Waals surface area contributed by atoms with Gasteiger partial charge in [-0.25, -0.2) is 0 Å². The van der Waals surface area contributed by atoms with Gasteiger partial charge < -0.3 is 14.7 Å². The summed E-state index contributed by atoms with van der Waals surface area (Å²) in [4.78, 5) is 26.1. The number of fused-ring (bicyclic) bond motifs is 1. The second kappa shape index (κ2) is 7.71. The number of Topliss-reactive ketones (excluding diaryl/α,β-unsaturated/α-hetero) is 1. The summed E-state index contributed by atoms with van der Waals surface area (Å²) in [6.45, 7) is 4.01. The molecule has 6 heteroatoms. The lowest BCUT2D eigenvalue weighted by Gasteiger charge is -2.22. The average molecular weight is 388 g/mol. The summed E-state index contributed by atoms with van der Waals surface area (Å²) in [5.41, 5.74) is 0.269. The van der Waals surface area contributed by atoms with E-state index in [4.69, 9.17) is 16.3 Å². The summed E-state index contributed by atoms with van der Waals surface area (Å²) in [7, 11) is 0. The summed E-state index contributed by atoms with van der Waals surface area (Å²) in [5, 5.41) is 11.5. The van der Waals surface area contributed by atoms with Crippen molar-refractivity contribution in [3.05, 3.63) is 58.6 Å². The number of ether oxygens (including phenoxy) is 1. The van der Waals surface area contributed by atoms with Crippen LogP contribution in [-0.2, 0) is 15.2 Å². The Balaban J connectivity index is 1.73. The van der Waals surface area contributed by atoms with Gasteiger partial charge in [0.25, 0.3) is 5.91 Å². The fourth-order valence-corrected chi connectivity index (χ4v) is 3.57. The summed E-state index contributed by atoms with van der Waals surface area (Å²) >= 11 is 6.07. The van der Waals surface area contributed by atoms with Gasteiger partial charge >= 0.3 is 0 Å². The Bertz CT molecular complexity index is 882. The van der Waals surface area contributed by atoms with Gasteiger partial charge in [-0.1, -0.05) is 41.4 Å². The number of halogens is 1. The van der Waals surface area contributed by atoms with Crippen molar-refractivity contribution in [2.45, 2.75) is 32.3 Å². The maximum Gasteiger partial charge on any atom is 0.264 e. The van der Waals surface area contributed by atoms with Gasteiger partial charge in [0.2, 0.25) is 0 Å². The third-order valence-corrected chi connectivity index (χ3v) is 4.92. The van der Waals surface area contributed by atoms with Crippen LogP contribution in [0.3, 0.4) is 0 Å². The molecule has 142 valence electrons. The van der Waals surface area contributed by atoms with Crippen molar-refractivity contribution >= 4 is 29.0 Å². The Kier molecular flexibility index (Phi) is 5.53. The first-order valence-corrected chi connectivity index (χ1v) is 9.23. The van der Waals surface area contributed by atoms with E-state index in [1.54, 1.807) is 18.2 Å². The number of benzene rings is 2. The number of amides is 1. The first-order chi connectivity index (χ1) is 12.8. The van der Waals surface area contributed by atoms with Crippen LogP contribution in [-0.4, -0.2) is 29.9 Å². The van der Waals surface area contributed by atoms with Crippen molar-refractivity contribution in [1.82, 2.24) is 0 Å². The Labute approximate surface area is 163 Å². The molecule has 0 bridgehead atoms. The predicted octanol–water partition coefficient (Wildman–Crippen LogP) is 3.63. The smallest absolute Gasteiger partial charge is 0.264 e. The van der Waals surface area contributed by atoms with Crippen LogP contribution in [0.5, 0.6) is 5.75 Å². The van der Waals surface area contributed by atoms with Crippen molar-refractivity contribution in [3.8, 4) is 5.75 Å². The summed E-state index contributed by atoms with van der Waals surface area (Å²) in [6, 6.07) is 12.7. The molecule has 27 heavy (non-hydrogen) atoms. The van der Waals surface area contributed by atoms with Gasteiger partial charge in [0, 0.05) is 18.5 Å². The molecular formula is C21H22ClNO4. The molecule has 0 aromatic heterocycles. The molecule has 1 N–H and O–H groups in total. The van der Waals surface area contributed by atoms with Crippen LogP contribution in [0.4, 0.5) is 5.69 Å². The lowest BCUT2D eigenvalue weighted by atomic mass is 9.89. The van der Waals surface area contributed by atoms with Gasteiger partial charge in [-0.15, -0.1) is 0 Å². The Morgan fingerprint density at radius 2 is 2.00 bits per heavy atom. The minimum absolute atomic E-state index is 0.227. The number of ketones is 1. The van der Waals surface area contributed by atoms with Gasteiger partial charge in [0.1, 0.15) is 11.5 Å². The predicted molar refractivity (Wildman–Crippen MR) is 104 cm³/mol. The summed E-state index contributed by atoms with van der Waals surface area (Å²) in [6.07, 6.45) is 0.329. The molecule has 2 aromatic carbocycles. The number of aryl methyl sites for hydroxylation is 1. The Morgan fingerprint density at radius 3 is 2.70 bits per heavy atom. The molecule has 5 nitrogen and oxygen atoms in total. The Hall–Kier alpha value is -2.37. The van der Waals surface area contributed by atoms with Crippen LogP contribution in [0.1, 0.15) is 30.9 Å². The van der Waals surface area contributed by atoms with Crippen molar-refractivity contribution < 1.29 is 19.4 Å². The number of carbonyl (C=O) groups is 2. The highest BCUT2D eigenvalue weighted by molar-refractivity contribution is 6.32. The number of anilines is 1. The monoisotopic (exact) mass is 387 g/mol. The highest BCUT2D eigenvalue weighted by atomic mass is 35.5. The van der Waals surface area contributed by atoms with E-state index in [0.717, 1.165) is 5.56 Å². The summed E-state index contributed by atoms with van der Waals surface area (Å²) < 4.78 is 5.67. The van der Waals surface area contributed by atoms with Gasteiger partial charge in [0.05, 0.1) is 17.3 Å². The number of rotatable bonds is 7. The third-order valence-electron chi connectivity index (χ3n) is 4.61. The van der Waals surface area contributed by atoms with Crippen molar-refractivity contribution in [2.75, 3.05) is 18.1 Å². The second-order valence-electron chi connectivity index (χ2n) is 6.85. The van der Waals surface area contributed by atoms with Crippen molar-refractivity contribution in [3.63, 3.8) is 0 Å². The van der Waals surface area contributed by atoms with Crippen LogP contribution >= 0.6 is 11.6 Å². The number of nitrogens with zero attached hydrogens (tertiary/aromatic N) is 1. The highest BCUT2D eigenvalue weighted by Crippen LogP contribution is 2.43. The quantitative estimate of drug-likeness (QED) is 0.737. The van der Waals surface area contributed by atoms with Gasteiger partial charge in [0.15, 0.2) is 5.60 Å². The number of carbonyl (C=O) groups excluding carboxylic acids is 2. The number of hydrogen-bond donors (Lipinski definition) is 1. The minimum Gasteiger partial charge on any atom is -0.492 e. The molecule has 3 rings (SSSR count). The van der Waals surface area contributed by atoms with E-state index in [-0.39, 0.29) is 12.2 Å². The van der Waals surface area contributed by atoms with E-state index >= 15 is 0 Å². The molecule has 1 unspecified atom stereocenters. The molecule has 0 radical (unpaired) electrons. The second-order valence-corrected chi connectivity index (χ2v) is 7.26. The van der Waals surface area contributed by atoms with Crippen LogP contribution in [0.15, 0.2) is 42.5 Å². The average Bonchev–Trinajstić information content (AvgIpc) is 2.81. The van der Waals surface area contributed by atoms with Crippen molar-refractivity contribution in [2.24, 2.45) is 0 Å². The molecule has 1 heterocycles. The molecule has 1 aliphatic rings. The lowest BCUT2D eigenvalue weighted by Crippen LogP contribution is -2.42. The molecule has 1 atom stereocenters.